The monoisotopic (exact) mass is 1180 g/mol. The second kappa shape index (κ2) is 23.2. The lowest BCUT2D eigenvalue weighted by molar-refractivity contribution is 0.181. The maximum atomic E-state index is 14.1. The predicted molar refractivity (Wildman–Crippen MR) is 306 cm³/mol. The lowest BCUT2D eigenvalue weighted by Gasteiger charge is -2.33. The number of anilines is 3. The molecule has 0 aliphatic carbocycles. The van der Waals surface area contributed by atoms with Crippen LogP contribution in [-0.2, 0) is 38.9 Å². The summed E-state index contributed by atoms with van der Waals surface area (Å²) in [7, 11) is 0. The molecule has 0 saturated carbocycles. The molecule has 3 atom stereocenters. The second-order valence-corrected chi connectivity index (χ2v) is 23.1. The highest BCUT2D eigenvalue weighted by Crippen LogP contribution is 2.37. The van der Waals surface area contributed by atoms with Gasteiger partial charge in [0.25, 0.3) is 0 Å². The number of benzene rings is 3. The van der Waals surface area contributed by atoms with Crippen LogP contribution < -0.4 is 16.0 Å². The third-order valence-electron chi connectivity index (χ3n) is 13.3. The number of H-pyrrole nitrogens is 3. The molecule has 3 aliphatic heterocycles. The molecular formula is C54H50BrCl2FN12O3S3. The van der Waals surface area contributed by atoms with E-state index in [0.717, 1.165) is 88.5 Å². The number of carbonyl (C=O) groups is 3. The lowest BCUT2D eigenvalue weighted by atomic mass is 9.99. The van der Waals surface area contributed by atoms with Crippen molar-refractivity contribution in [2.75, 3.05) is 16.0 Å². The number of rotatable bonds is 6. The Morgan fingerprint density at radius 1 is 0.566 bits per heavy atom. The molecule has 0 spiro atoms. The van der Waals surface area contributed by atoms with Gasteiger partial charge in [0.15, 0.2) is 5.82 Å². The van der Waals surface area contributed by atoms with Crippen LogP contribution in [0.25, 0.3) is 31.7 Å². The van der Waals surface area contributed by atoms with E-state index in [9.17, 15) is 18.8 Å². The minimum atomic E-state index is -0.629. The van der Waals surface area contributed by atoms with Gasteiger partial charge in [0.05, 0.1) is 45.0 Å². The molecule has 0 saturated heterocycles. The molecule has 6 N–H and O–H groups in total. The quantitative estimate of drug-likeness (QED) is 0.0963. The minimum Gasteiger partial charge on any atom is -0.317 e. The first-order valence-corrected chi connectivity index (χ1v) is 28.4. The Balaban J connectivity index is 0.000000130. The molecule has 3 unspecified atom stereocenters. The number of aromatic amines is 3. The van der Waals surface area contributed by atoms with Gasteiger partial charge in [-0.15, -0.1) is 34.0 Å². The van der Waals surface area contributed by atoms with E-state index in [4.69, 9.17) is 23.2 Å². The molecular weight excluding hydrogens is 1130 g/mol. The molecule has 0 bridgehead atoms. The van der Waals surface area contributed by atoms with Crippen molar-refractivity contribution in [2.24, 2.45) is 0 Å². The molecule has 390 valence electrons. The molecule has 22 heteroatoms. The Hall–Kier alpha value is -6.81. The van der Waals surface area contributed by atoms with Crippen LogP contribution in [0.5, 0.6) is 0 Å². The fourth-order valence-electron chi connectivity index (χ4n) is 9.39. The summed E-state index contributed by atoms with van der Waals surface area (Å²) < 4.78 is 15.0. The van der Waals surface area contributed by atoms with E-state index < -0.39 is 5.82 Å². The molecule has 6 amide bonds. The number of nitrogens with one attached hydrogen (secondary N) is 6. The van der Waals surface area contributed by atoms with Crippen LogP contribution in [0.4, 0.5) is 35.8 Å². The van der Waals surface area contributed by atoms with Gasteiger partial charge in [-0.05, 0) is 104 Å². The summed E-state index contributed by atoms with van der Waals surface area (Å²) in [6.07, 6.45) is 2.20. The number of aromatic nitrogens is 6. The van der Waals surface area contributed by atoms with Gasteiger partial charge in [0, 0.05) is 92.0 Å². The number of hydrogen-bond donors (Lipinski definition) is 6. The molecule has 3 aliphatic rings. The standard InChI is InChI=1S/C18H17BrN4OS.C18H16ClFN4OS.C18H17ClN4OS/c1-11-8-15-14(17(22-21-15)16-6-3-7-25-16)10-23(11)18(24)20-13-5-2-4-12(19)9-13;1-10-8-14-11(17(23-22-14)15-6-3-7-26-15)9-24(10)18(25)21-13-5-2-4-12(19)16(13)20;1-11-8-15-14(17(22-21-15)16-6-3-7-25-16)10-23(11)18(24)20-13-5-2-4-12(19)9-13/h2-7,9,11H,8,10H2,1H3,(H,20,24)(H,21,22);2-7,10H,8-9H2,1H3,(H,21,25)(H,22,23);2-7,9,11H,8,10H2,1H3,(H,20,24)(H,21,22). The molecule has 76 heavy (non-hydrogen) atoms. The maximum Gasteiger partial charge on any atom is 0.322 e. The summed E-state index contributed by atoms with van der Waals surface area (Å²) in [5, 5.41) is 38.0. The number of thiophene rings is 3. The number of urea groups is 3. The van der Waals surface area contributed by atoms with Crippen molar-refractivity contribution in [1.29, 1.82) is 0 Å². The highest BCUT2D eigenvalue weighted by atomic mass is 79.9. The topological polar surface area (TPSA) is 183 Å². The van der Waals surface area contributed by atoms with Crippen molar-refractivity contribution in [1.82, 2.24) is 45.3 Å². The summed E-state index contributed by atoms with van der Waals surface area (Å²) in [5.74, 6) is -0.629. The van der Waals surface area contributed by atoms with E-state index in [1.54, 1.807) is 57.1 Å². The van der Waals surface area contributed by atoms with Gasteiger partial charge in [-0.2, -0.15) is 15.3 Å². The molecule has 0 fully saturated rings. The van der Waals surface area contributed by atoms with Crippen molar-refractivity contribution in [3.63, 3.8) is 0 Å². The lowest BCUT2D eigenvalue weighted by Crippen LogP contribution is -2.44. The van der Waals surface area contributed by atoms with Gasteiger partial charge in [-0.25, -0.2) is 18.8 Å². The summed E-state index contributed by atoms with van der Waals surface area (Å²) in [6.45, 7) is 7.57. The van der Waals surface area contributed by atoms with Crippen LogP contribution in [0.1, 0.15) is 54.5 Å². The van der Waals surface area contributed by atoms with Crippen LogP contribution in [0.3, 0.4) is 0 Å². The molecule has 6 aromatic heterocycles. The van der Waals surface area contributed by atoms with Crippen molar-refractivity contribution in [2.45, 2.75) is 77.8 Å². The zero-order valence-electron chi connectivity index (χ0n) is 41.2. The van der Waals surface area contributed by atoms with Crippen molar-refractivity contribution in [3.05, 3.63) is 173 Å². The van der Waals surface area contributed by atoms with Crippen molar-refractivity contribution >= 4 is 108 Å². The summed E-state index contributed by atoms with van der Waals surface area (Å²) in [6, 6.07) is 31.0. The van der Waals surface area contributed by atoms with Crippen LogP contribution in [-0.4, -0.2) is 81.5 Å². The highest BCUT2D eigenvalue weighted by molar-refractivity contribution is 9.10. The Morgan fingerprint density at radius 3 is 1.38 bits per heavy atom. The maximum absolute atomic E-state index is 14.1. The number of nitrogens with zero attached hydrogens (tertiary/aromatic N) is 6. The minimum absolute atomic E-state index is 0.0217. The Kier molecular flexibility index (Phi) is 16.1. The first-order valence-electron chi connectivity index (χ1n) is 24.3. The van der Waals surface area contributed by atoms with E-state index in [0.29, 0.717) is 36.8 Å². The normalized spacial score (nSPS) is 16.5. The highest BCUT2D eigenvalue weighted by Gasteiger charge is 2.34. The molecule has 0 radical (unpaired) electrons. The average molecular weight is 1180 g/mol. The summed E-state index contributed by atoms with van der Waals surface area (Å²) >= 11 is 20.1. The van der Waals surface area contributed by atoms with Crippen molar-refractivity contribution in [3.8, 4) is 31.7 Å². The van der Waals surface area contributed by atoms with E-state index in [-0.39, 0.29) is 46.9 Å². The summed E-state index contributed by atoms with van der Waals surface area (Å²) in [4.78, 5) is 47.0. The first-order chi connectivity index (χ1) is 36.8. The fraction of sp³-hybridized carbons (Fsp3) is 0.222. The average Bonchev–Trinajstić information content (AvgIpc) is 4.28. The molecule has 12 rings (SSSR count). The van der Waals surface area contributed by atoms with Gasteiger partial charge < -0.3 is 30.7 Å². The van der Waals surface area contributed by atoms with E-state index in [1.165, 1.54) is 12.1 Å². The third kappa shape index (κ3) is 11.6. The number of halogens is 4. The Labute approximate surface area is 468 Å². The van der Waals surface area contributed by atoms with Gasteiger partial charge in [0.2, 0.25) is 0 Å². The van der Waals surface area contributed by atoms with E-state index >= 15 is 0 Å². The van der Waals surface area contributed by atoms with Crippen LogP contribution in [0, 0.1) is 5.82 Å². The largest absolute Gasteiger partial charge is 0.322 e. The first kappa shape index (κ1) is 52.6. The van der Waals surface area contributed by atoms with E-state index in [1.807, 2.05) is 100 Å². The van der Waals surface area contributed by atoms with Gasteiger partial charge in [0.1, 0.15) is 17.1 Å². The zero-order chi connectivity index (χ0) is 53.0. The number of hydrogen-bond acceptors (Lipinski definition) is 9. The molecule has 9 heterocycles. The van der Waals surface area contributed by atoms with Crippen LogP contribution in [0.2, 0.25) is 10.0 Å². The fourth-order valence-corrected chi connectivity index (χ4v) is 12.4. The smallest absolute Gasteiger partial charge is 0.317 e. The van der Waals surface area contributed by atoms with Gasteiger partial charge in [-0.1, -0.05) is 75.5 Å². The third-order valence-corrected chi connectivity index (χ3v) is 17.0. The Bertz CT molecular complexity index is 3340. The predicted octanol–water partition coefficient (Wildman–Crippen LogP) is 14.6. The van der Waals surface area contributed by atoms with Gasteiger partial charge >= 0.3 is 18.1 Å². The van der Waals surface area contributed by atoms with Crippen LogP contribution in [0.15, 0.2) is 124 Å². The molecule has 3 aromatic carbocycles. The number of fused-ring (bicyclic) bond motifs is 3. The number of amides is 6. The van der Waals surface area contributed by atoms with Crippen LogP contribution >= 0.6 is 73.1 Å². The Morgan fingerprint density at radius 2 is 0.974 bits per heavy atom. The SMILES string of the molecule is CC1Cc2[nH]nc(-c3cccs3)c2CN1C(=O)Nc1cccc(Br)c1.CC1Cc2[nH]nc(-c3cccs3)c2CN1C(=O)Nc1cccc(Cl)c1.CC1Cc2[nH]nc(-c3cccs3)c2CN1C(=O)Nc1cccc(Cl)c1F. The zero-order valence-corrected chi connectivity index (χ0v) is 46.7. The van der Waals surface area contributed by atoms with Crippen molar-refractivity contribution < 1.29 is 18.8 Å². The summed E-state index contributed by atoms with van der Waals surface area (Å²) in [5.41, 5.74) is 10.8. The second-order valence-electron chi connectivity index (χ2n) is 18.5. The van der Waals surface area contributed by atoms with E-state index in [2.05, 4.69) is 81.5 Å². The molecule has 9 aromatic rings. The van der Waals surface area contributed by atoms with Gasteiger partial charge in [-0.3, -0.25) is 15.3 Å². The molecule has 15 nitrogen and oxygen atoms in total. The number of carbonyl (C=O) groups excluding carboxylic acids is 3.